The Bertz CT molecular complexity index is 582. The zero-order valence-corrected chi connectivity index (χ0v) is 12.7. The minimum atomic E-state index is -3.87. The van der Waals surface area contributed by atoms with Crippen LogP contribution < -0.4 is 10.5 Å². The maximum atomic E-state index is 12.0. The summed E-state index contributed by atoms with van der Waals surface area (Å²) in [5.41, 5.74) is 0.831. The molecule has 1 rings (SSSR count). The minimum absolute atomic E-state index is 0.0956. The van der Waals surface area contributed by atoms with Gasteiger partial charge in [0.25, 0.3) is 5.91 Å². The van der Waals surface area contributed by atoms with E-state index in [1.54, 1.807) is 6.07 Å². The largest absolute Gasteiger partial charge is 0.380 e. The molecule has 1 amide bonds. The Morgan fingerprint density at radius 2 is 2.00 bits per heavy atom. The third-order valence-electron chi connectivity index (χ3n) is 2.54. The van der Waals surface area contributed by atoms with Crippen molar-refractivity contribution >= 4 is 15.9 Å². The van der Waals surface area contributed by atoms with Crippen molar-refractivity contribution in [1.29, 1.82) is 0 Å². The van der Waals surface area contributed by atoms with Crippen LogP contribution in [0, 0.1) is 5.92 Å². The lowest BCUT2D eigenvalue weighted by Crippen LogP contribution is -2.27. The van der Waals surface area contributed by atoms with E-state index in [0.717, 1.165) is 0 Å². The van der Waals surface area contributed by atoms with Crippen LogP contribution in [0.1, 0.15) is 29.8 Å². The molecular weight excluding hydrogens is 280 g/mol. The molecule has 0 fully saturated rings. The molecule has 0 heterocycles. The average molecular weight is 300 g/mol. The molecular formula is C13H20N2O4S. The van der Waals surface area contributed by atoms with E-state index in [1.165, 1.54) is 19.2 Å². The summed E-state index contributed by atoms with van der Waals surface area (Å²) in [6.07, 6.45) is 0. The van der Waals surface area contributed by atoms with Crippen molar-refractivity contribution in [2.24, 2.45) is 11.1 Å². The van der Waals surface area contributed by atoms with Gasteiger partial charge >= 0.3 is 0 Å². The maximum absolute atomic E-state index is 12.0. The van der Waals surface area contributed by atoms with E-state index in [-0.39, 0.29) is 23.0 Å². The van der Waals surface area contributed by atoms with Gasteiger partial charge in [0.1, 0.15) is 0 Å². The van der Waals surface area contributed by atoms with Crippen molar-refractivity contribution < 1.29 is 17.9 Å². The van der Waals surface area contributed by atoms with Crippen LogP contribution in [0.5, 0.6) is 0 Å². The Morgan fingerprint density at radius 1 is 1.35 bits per heavy atom. The van der Waals surface area contributed by atoms with Gasteiger partial charge < -0.3 is 10.1 Å². The molecule has 0 aliphatic rings. The highest BCUT2D eigenvalue weighted by Gasteiger charge is 2.14. The highest BCUT2D eigenvalue weighted by molar-refractivity contribution is 7.89. The fraction of sp³-hybridized carbons (Fsp3) is 0.462. The average Bonchev–Trinajstić information content (AvgIpc) is 2.34. The lowest BCUT2D eigenvalue weighted by Gasteiger charge is -2.10. The number of benzene rings is 1. The first kappa shape index (κ1) is 16.6. The van der Waals surface area contributed by atoms with Gasteiger partial charge in [0.05, 0.1) is 11.5 Å². The second-order valence-electron chi connectivity index (χ2n) is 4.95. The summed E-state index contributed by atoms with van der Waals surface area (Å²) >= 11 is 0. The molecule has 6 nitrogen and oxygen atoms in total. The van der Waals surface area contributed by atoms with Crippen LogP contribution >= 0.6 is 0 Å². The van der Waals surface area contributed by atoms with Gasteiger partial charge in [-0.1, -0.05) is 13.8 Å². The number of nitrogens with one attached hydrogen (secondary N) is 1. The molecule has 0 atom stereocenters. The number of primary sulfonamides is 1. The van der Waals surface area contributed by atoms with Gasteiger partial charge in [0, 0.05) is 19.2 Å². The molecule has 0 spiro atoms. The third-order valence-corrected chi connectivity index (χ3v) is 3.43. The van der Waals surface area contributed by atoms with Gasteiger partial charge in [-0.05, 0) is 29.7 Å². The molecule has 0 bridgehead atoms. The Morgan fingerprint density at radius 3 is 2.50 bits per heavy atom. The summed E-state index contributed by atoms with van der Waals surface area (Å²) in [4.78, 5) is 11.9. The first-order valence-corrected chi connectivity index (χ1v) is 7.72. The molecule has 0 aliphatic carbocycles. The second-order valence-corrected chi connectivity index (χ2v) is 6.51. The van der Waals surface area contributed by atoms with E-state index in [2.05, 4.69) is 5.32 Å². The van der Waals surface area contributed by atoms with Crippen LogP contribution in [0.15, 0.2) is 23.1 Å². The van der Waals surface area contributed by atoms with Crippen molar-refractivity contribution in [3.05, 3.63) is 29.3 Å². The number of ether oxygens (including phenoxy) is 1. The normalized spacial score (nSPS) is 11.7. The number of rotatable bonds is 6. The Hall–Kier alpha value is -1.44. The number of methoxy groups -OCH3 is 1. The summed E-state index contributed by atoms with van der Waals surface area (Å²) in [6, 6.07) is 4.26. The number of hydrogen-bond donors (Lipinski definition) is 2. The lowest BCUT2D eigenvalue weighted by molar-refractivity contribution is 0.0948. The Kier molecular flexibility index (Phi) is 5.67. The van der Waals surface area contributed by atoms with Crippen LogP contribution in [-0.2, 0) is 21.4 Å². The van der Waals surface area contributed by atoms with E-state index in [0.29, 0.717) is 18.0 Å². The maximum Gasteiger partial charge on any atom is 0.251 e. The Labute approximate surface area is 119 Å². The molecule has 0 saturated heterocycles. The number of nitrogens with two attached hydrogens (primary N) is 1. The van der Waals surface area contributed by atoms with E-state index in [9.17, 15) is 13.2 Å². The van der Waals surface area contributed by atoms with Crippen molar-refractivity contribution in [1.82, 2.24) is 5.32 Å². The molecule has 0 aromatic heterocycles. The van der Waals surface area contributed by atoms with Gasteiger partial charge in [-0.15, -0.1) is 0 Å². The van der Waals surface area contributed by atoms with Crippen molar-refractivity contribution in [3.8, 4) is 0 Å². The summed E-state index contributed by atoms with van der Waals surface area (Å²) in [6.45, 7) is 4.65. The SMILES string of the molecule is COCc1cc(C(=O)NCC(C)C)cc(S(N)(=O)=O)c1. The van der Waals surface area contributed by atoms with E-state index >= 15 is 0 Å². The molecule has 0 radical (unpaired) electrons. The fourth-order valence-corrected chi connectivity index (χ4v) is 2.21. The number of carbonyl (C=O) groups excluding carboxylic acids is 1. The first-order valence-electron chi connectivity index (χ1n) is 6.18. The zero-order valence-electron chi connectivity index (χ0n) is 11.8. The quantitative estimate of drug-likeness (QED) is 0.814. The number of sulfonamides is 1. The number of hydrogen-bond acceptors (Lipinski definition) is 4. The van der Waals surface area contributed by atoms with Crippen LogP contribution in [0.2, 0.25) is 0 Å². The highest BCUT2D eigenvalue weighted by atomic mass is 32.2. The molecule has 3 N–H and O–H groups in total. The summed E-state index contributed by atoms with van der Waals surface area (Å²) in [7, 11) is -2.38. The summed E-state index contributed by atoms with van der Waals surface area (Å²) < 4.78 is 27.8. The molecule has 7 heteroatoms. The Balaban J connectivity index is 3.12. The molecule has 0 saturated carbocycles. The molecule has 112 valence electrons. The minimum Gasteiger partial charge on any atom is -0.380 e. The van der Waals surface area contributed by atoms with E-state index < -0.39 is 10.0 Å². The van der Waals surface area contributed by atoms with Crippen molar-refractivity contribution in [2.45, 2.75) is 25.3 Å². The van der Waals surface area contributed by atoms with Gasteiger partial charge in [-0.2, -0.15) is 0 Å². The monoisotopic (exact) mass is 300 g/mol. The third kappa shape index (κ3) is 4.92. The topological polar surface area (TPSA) is 98.5 Å². The fourth-order valence-electron chi connectivity index (χ4n) is 1.60. The molecule has 20 heavy (non-hydrogen) atoms. The predicted molar refractivity (Wildman–Crippen MR) is 75.7 cm³/mol. The predicted octanol–water partition coefficient (Wildman–Crippen LogP) is 0.866. The van der Waals surface area contributed by atoms with Gasteiger partial charge in [0.15, 0.2) is 0 Å². The molecule has 0 aliphatic heterocycles. The smallest absolute Gasteiger partial charge is 0.251 e. The van der Waals surface area contributed by atoms with Crippen LogP contribution in [0.25, 0.3) is 0 Å². The van der Waals surface area contributed by atoms with E-state index in [1.807, 2.05) is 13.8 Å². The lowest BCUT2D eigenvalue weighted by atomic mass is 10.1. The van der Waals surface area contributed by atoms with E-state index in [4.69, 9.17) is 9.88 Å². The molecule has 0 unspecified atom stereocenters. The standard InChI is InChI=1S/C13H20N2O4S/c1-9(2)7-15-13(16)11-4-10(8-19-3)5-12(6-11)20(14,17)18/h4-6,9H,7-8H2,1-3H3,(H,15,16)(H2,14,17,18). The van der Waals surface area contributed by atoms with Gasteiger partial charge in [-0.3, -0.25) is 4.79 Å². The van der Waals surface area contributed by atoms with Crippen LogP contribution in [0.4, 0.5) is 0 Å². The number of carbonyl (C=O) groups is 1. The molecule has 1 aromatic rings. The highest BCUT2D eigenvalue weighted by Crippen LogP contribution is 2.15. The van der Waals surface area contributed by atoms with Gasteiger partial charge in [-0.25, -0.2) is 13.6 Å². The van der Waals surface area contributed by atoms with Crippen molar-refractivity contribution in [2.75, 3.05) is 13.7 Å². The molecule has 1 aromatic carbocycles. The second kappa shape index (κ2) is 6.83. The van der Waals surface area contributed by atoms with Gasteiger partial charge in [0.2, 0.25) is 10.0 Å². The van der Waals surface area contributed by atoms with Crippen LogP contribution in [0.3, 0.4) is 0 Å². The summed E-state index contributed by atoms with van der Waals surface area (Å²) in [5.74, 6) is -0.0274. The number of amides is 1. The first-order chi connectivity index (χ1) is 9.24. The summed E-state index contributed by atoms with van der Waals surface area (Å²) in [5, 5.41) is 7.84. The van der Waals surface area contributed by atoms with Crippen molar-refractivity contribution in [3.63, 3.8) is 0 Å². The van der Waals surface area contributed by atoms with Crippen LogP contribution in [-0.4, -0.2) is 28.0 Å². The zero-order chi connectivity index (χ0) is 15.3.